The number of nitrogens with zero attached hydrogens (tertiary/aromatic N) is 5. The van der Waals surface area contributed by atoms with Crippen LogP contribution in [0.2, 0.25) is 0 Å². The monoisotopic (exact) mass is 501 g/mol. The van der Waals surface area contributed by atoms with E-state index in [1.165, 1.54) is 22.4 Å². The van der Waals surface area contributed by atoms with Crippen molar-refractivity contribution in [2.24, 2.45) is 0 Å². The molecule has 0 unspecified atom stereocenters. The van der Waals surface area contributed by atoms with Crippen LogP contribution in [0.4, 0.5) is 18.9 Å². The number of hydrogen-bond acceptors (Lipinski definition) is 6. The molecule has 11 heteroatoms. The van der Waals surface area contributed by atoms with Crippen molar-refractivity contribution in [1.82, 2.24) is 19.7 Å². The third kappa shape index (κ3) is 5.68. The molecule has 0 bridgehead atoms. The number of halogens is 3. The highest BCUT2D eigenvalue weighted by atomic mass is 19.4. The van der Waals surface area contributed by atoms with Crippen molar-refractivity contribution < 1.29 is 27.6 Å². The first-order valence-corrected chi connectivity index (χ1v) is 11.4. The summed E-state index contributed by atoms with van der Waals surface area (Å²) in [4.78, 5) is 13.8. The van der Waals surface area contributed by atoms with E-state index in [2.05, 4.69) is 62.7 Å². The van der Waals surface area contributed by atoms with Crippen molar-refractivity contribution >= 4 is 17.2 Å². The van der Waals surface area contributed by atoms with Crippen LogP contribution in [0.15, 0.2) is 59.4 Å². The molecule has 0 aliphatic carbocycles. The number of pyridine rings is 1. The molecule has 36 heavy (non-hydrogen) atoms. The molecule has 1 aromatic carbocycles. The second kappa shape index (κ2) is 10.4. The summed E-state index contributed by atoms with van der Waals surface area (Å²) in [6.07, 6.45) is -1.04. The van der Waals surface area contributed by atoms with E-state index in [1.54, 1.807) is 0 Å². The Bertz CT molecular complexity index is 1310. The highest BCUT2D eigenvalue weighted by Crippen LogP contribution is 2.28. The number of hydrogen-bond donors (Lipinski definition) is 1. The SMILES string of the molecule is Cc1noc(C)c1CN1CCN(c2cnn3ccc(-c4ccccc4)cc23)CC1.O=C(O)C(F)(F)F. The van der Waals surface area contributed by atoms with Gasteiger partial charge < -0.3 is 14.5 Å². The summed E-state index contributed by atoms with van der Waals surface area (Å²) in [5.74, 6) is -1.83. The molecular weight excluding hydrogens is 475 g/mol. The Morgan fingerprint density at radius 1 is 1.06 bits per heavy atom. The Balaban J connectivity index is 0.000000384. The zero-order valence-corrected chi connectivity index (χ0v) is 19.9. The van der Waals surface area contributed by atoms with E-state index in [9.17, 15) is 13.2 Å². The van der Waals surface area contributed by atoms with E-state index in [4.69, 9.17) is 14.4 Å². The van der Waals surface area contributed by atoms with Crippen LogP contribution in [0.3, 0.4) is 0 Å². The lowest BCUT2D eigenvalue weighted by Crippen LogP contribution is -2.46. The van der Waals surface area contributed by atoms with Gasteiger partial charge in [-0.1, -0.05) is 35.5 Å². The molecule has 1 fully saturated rings. The van der Waals surface area contributed by atoms with Gasteiger partial charge in [-0.2, -0.15) is 18.3 Å². The van der Waals surface area contributed by atoms with Gasteiger partial charge in [0.1, 0.15) is 5.76 Å². The second-order valence-corrected chi connectivity index (χ2v) is 8.51. The number of alkyl halides is 3. The number of carboxylic acid groups (broad SMARTS) is 1. The average Bonchev–Trinajstić information content (AvgIpc) is 3.43. The minimum Gasteiger partial charge on any atom is -0.475 e. The number of aryl methyl sites for hydroxylation is 2. The number of piperazine rings is 1. The minimum absolute atomic E-state index is 0.905. The molecule has 8 nitrogen and oxygen atoms in total. The first kappa shape index (κ1) is 25.2. The molecular formula is C25H26F3N5O3. The molecule has 4 aromatic rings. The number of carboxylic acids is 1. The maximum absolute atomic E-state index is 10.6. The van der Waals surface area contributed by atoms with Crippen molar-refractivity contribution in [3.8, 4) is 11.1 Å². The molecule has 0 amide bonds. The smallest absolute Gasteiger partial charge is 0.475 e. The maximum atomic E-state index is 10.6. The number of fused-ring (bicyclic) bond motifs is 1. The van der Waals surface area contributed by atoms with Gasteiger partial charge in [0.05, 0.1) is 23.1 Å². The highest BCUT2D eigenvalue weighted by molar-refractivity contribution is 5.78. The minimum atomic E-state index is -5.08. The van der Waals surface area contributed by atoms with Gasteiger partial charge in [0.25, 0.3) is 0 Å². The summed E-state index contributed by atoms with van der Waals surface area (Å²) in [5, 5.41) is 15.8. The van der Waals surface area contributed by atoms with Crippen LogP contribution < -0.4 is 4.90 Å². The number of aliphatic carboxylic acids is 1. The summed E-state index contributed by atoms with van der Waals surface area (Å²) < 4.78 is 39.0. The summed E-state index contributed by atoms with van der Waals surface area (Å²) in [6.45, 7) is 8.92. The van der Waals surface area contributed by atoms with Crippen molar-refractivity contribution in [3.05, 3.63) is 71.9 Å². The third-order valence-electron chi connectivity index (χ3n) is 6.13. The van der Waals surface area contributed by atoms with Crippen molar-refractivity contribution in [3.63, 3.8) is 0 Å². The third-order valence-corrected chi connectivity index (χ3v) is 6.13. The zero-order valence-electron chi connectivity index (χ0n) is 19.9. The van der Waals surface area contributed by atoms with Crippen LogP contribution in [-0.4, -0.2) is 63.1 Å². The lowest BCUT2D eigenvalue weighted by Gasteiger charge is -2.35. The second-order valence-electron chi connectivity index (χ2n) is 8.51. The first-order chi connectivity index (χ1) is 17.1. The molecule has 5 rings (SSSR count). The van der Waals surface area contributed by atoms with Crippen LogP contribution >= 0.6 is 0 Å². The van der Waals surface area contributed by atoms with E-state index < -0.39 is 12.1 Å². The lowest BCUT2D eigenvalue weighted by molar-refractivity contribution is -0.192. The Kier molecular flexibility index (Phi) is 7.30. The van der Waals surface area contributed by atoms with Crippen molar-refractivity contribution in [2.75, 3.05) is 31.1 Å². The fraction of sp³-hybridized carbons (Fsp3) is 0.320. The maximum Gasteiger partial charge on any atom is 0.490 e. The van der Waals surface area contributed by atoms with E-state index >= 15 is 0 Å². The van der Waals surface area contributed by atoms with Crippen LogP contribution in [0.25, 0.3) is 16.6 Å². The topological polar surface area (TPSA) is 87.1 Å². The Labute approximate surface area is 205 Å². The predicted octanol–water partition coefficient (Wildman–Crippen LogP) is 4.56. The molecule has 1 aliphatic rings. The van der Waals surface area contributed by atoms with Crippen LogP contribution in [0.5, 0.6) is 0 Å². The van der Waals surface area contributed by atoms with E-state index in [0.717, 1.165) is 49.7 Å². The molecule has 1 aliphatic heterocycles. The first-order valence-electron chi connectivity index (χ1n) is 11.4. The number of aromatic nitrogens is 3. The molecule has 0 saturated carbocycles. The molecule has 0 atom stereocenters. The Morgan fingerprint density at radius 2 is 1.72 bits per heavy atom. The van der Waals surface area contributed by atoms with Gasteiger partial charge in [-0.3, -0.25) is 4.90 Å². The predicted molar refractivity (Wildman–Crippen MR) is 128 cm³/mol. The van der Waals surface area contributed by atoms with Crippen molar-refractivity contribution in [2.45, 2.75) is 26.6 Å². The molecule has 3 aromatic heterocycles. The normalized spacial score (nSPS) is 14.5. The van der Waals surface area contributed by atoms with E-state index in [-0.39, 0.29) is 0 Å². The summed E-state index contributed by atoms with van der Waals surface area (Å²) in [7, 11) is 0. The largest absolute Gasteiger partial charge is 0.490 e. The van der Waals surface area contributed by atoms with Crippen molar-refractivity contribution in [1.29, 1.82) is 0 Å². The van der Waals surface area contributed by atoms with E-state index in [0.29, 0.717) is 0 Å². The van der Waals surface area contributed by atoms with Gasteiger partial charge in [-0.15, -0.1) is 0 Å². The number of carbonyl (C=O) groups is 1. The van der Waals surface area contributed by atoms with Gasteiger partial charge in [0.2, 0.25) is 0 Å². The molecule has 1 N–H and O–H groups in total. The Hall–Kier alpha value is -3.86. The van der Waals surface area contributed by atoms with Crippen LogP contribution in [-0.2, 0) is 11.3 Å². The van der Waals surface area contributed by atoms with Gasteiger partial charge >= 0.3 is 12.1 Å². The fourth-order valence-electron chi connectivity index (χ4n) is 4.12. The molecule has 190 valence electrons. The summed E-state index contributed by atoms with van der Waals surface area (Å²) >= 11 is 0. The van der Waals surface area contributed by atoms with Gasteiger partial charge in [0, 0.05) is 44.5 Å². The highest BCUT2D eigenvalue weighted by Gasteiger charge is 2.38. The number of rotatable bonds is 4. The van der Waals surface area contributed by atoms with Crippen LogP contribution in [0, 0.1) is 13.8 Å². The number of benzene rings is 1. The van der Waals surface area contributed by atoms with Gasteiger partial charge in [-0.05, 0) is 37.1 Å². The molecule has 0 radical (unpaired) electrons. The number of anilines is 1. The van der Waals surface area contributed by atoms with Crippen LogP contribution in [0.1, 0.15) is 17.0 Å². The van der Waals surface area contributed by atoms with E-state index in [1.807, 2.05) is 30.6 Å². The molecule has 0 spiro atoms. The average molecular weight is 502 g/mol. The molecule has 4 heterocycles. The summed E-state index contributed by atoms with van der Waals surface area (Å²) in [6, 6.07) is 14.9. The van der Waals surface area contributed by atoms with Gasteiger partial charge in [-0.25, -0.2) is 9.31 Å². The van der Waals surface area contributed by atoms with Gasteiger partial charge in [0.15, 0.2) is 0 Å². The zero-order chi connectivity index (χ0) is 25.9. The lowest BCUT2D eigenvalue weighted by atomic mass is 10.1. The quantitative estimate of drug-likeness (QED) is 0.439. The summed E-state index contributed by atoms with van der Waals surface area (Å²) in [5.41, 5.74) is 7.04. The molecule has 1 saturated heterocycles. The fourth-order valence-corrected chi connectivity index (χ4v) is 4.12. The Morgan fingerprint density at radius 3 is 2.31 bits per heavy atom. The standard InChI is InChI=1S/C23H25N5O.C2HF3O2/c1-17-21(18(2)29-25-17)16-26-10-12-27(13-11-26)23-15-24-28-9-8-20(14-22(23)28)19-6-4-3-5-7-19;3-2(4,5)1(6)7/h3-9,14-15H,10-13,16H2,1-2H3;(H,6,7).